The molecule has 4 fully saturated rings. The summed E-state index contributed by atoms with van der Waals surface area (Å²) in [6, 6.07) is 2.59. The van der Waals surface area contributed by atoms with Crippen LogP contribution >= 0.6 is 0 Å². The second-order valence-electron chi connectivity index (χ2n) is 10.1. The summed E-state index contributed by atoms with van der Waals surface area (Å²) < 4.78 is 0. The zero-order valence-electron chi connectivity index (χ0n) is 16.6. The molecule has 0 saturated heterocycles. The number of allylic oxidation sites excluding steroid dienone is 2. The molecule has 0 radical (unpaired) electrons. The van der Waals surface area contributed by atoms with Crippen molar-refractivity contribution in [2.24, 2.45) is 40.4 Å². The second kappa shape index (κ2) is 6.75. The Morgan fingerprint density at radius 3 is 2.62 bits per heavy atom. The van der Waals surface area contributed by atoms with E-state index in [4.69, 9.17) is 0 Å². The van der Waals surface area contributed by atoms with Gasteiger partial charge in [0.2, 0.25) is 0 Å². The van der Waals surface area contributed by atoms with Crippen molar-refractivity contribution < 1.29 is 0 Å². The van der Waals surface area contributed by atoms with Gasteiger partial charge in [-0.05, 0) is 105 Å². The molecule has 4 saturated carbocycles. The van der Waals surface area contributed by atoms with E-state index in [-0.39, 0.29) is 0 Å². The quantitative estimate of drug-likeness (QED) is 0.457. The molecule has 1 heteroatoms. The summed E-state index contributed by atoms with van der Waals surface area (Å²) in [6.07, 6.45) is 27.5. The average molecular weight is 350 g/mol. The summed E-state index contributed by atoms with van der Waals surface area (Å²) in [6.45, 7) is 2.68. The van der Waals surface area contributed by atoms with Crippen LogP contribution in [0.1, 0.15) is 84.0 Å². The highest BCUT2D eigenvalue weighted by Crippen LogP contribution is 2.70. The van der Waals surface area contributed by atoms with Gasteiger partial charge in [0.15, 0.2) is 0 Å². The molecule has 1 spiro atoms. The zero-order valence-corrected chi connectivity index (χ0v) is 16.6. The van der Waals surface area contributed by atoms with E-state index >= 15 is 0 Å². The molecule has 0 N–H and O–H groups in total. The van der Waals surface area contributed by atoms with E-state index in [0.29, 0.717) is 16.7 Å². The van der Waals surface area contributed by atoms with Crippen molar-refractivity contribution in [1.82, 2.24) is 0 Å². The summed E-state index contributed by atoms with van der Waals surface area (Å²) in [7, 11) is 0. The average Bonchev–Trinajstić information content (AvgIpc) is 3.09. The third-order valence-corrected chi connectivity index (χ3v) is 9.78. The minimum Gasteiger partial charge on any atom is -0.193 e. The number of hydrogen-bond donors (Lipinski definition) is 0. The van der Waals surface area contributed by atoms with Gasteiger partial charge in [0.25, 0.3) is 0 Å². The van der Waals surface area contributed by atoms with E-state index in [2.05, 4.69) is 31.9 Å². The Kier molecular flexibility index (Phi) is 4.72. The van der Waals surface area contributed by atoms with E-state index in [1.54, 1.807) is 0 Å². The molecule has 0 heterocycles. The maximum Gasteiger partial charge on any atom is 0.0946 e. The molecule has 7 unspecified atom stereocenters. The van der Waals surface area contributed by atoms with Crippen LogP contribution in [-0.2, 0) is 0 Å². The van der Waals surface area contributed by atoms with E-state index < -0.39 is 0 Å². The second-order valence-corrected chi connectivity index (χ2v) is 10.1. The third-order valence-electron chi connectivity index (χ3n) is 9.78. The van der Waals surface area contributed by atoms with Gasteiger partial charge in [-0.1, -0.05) is 25.8 Å². The predicted molar refractivity (Wildman–Crippen MR) is 107 cm³/mol. The van der Waals surface area contributed by atoms with Gasteiger partial charge in [0, 0.05) is 5.57 Å². The highest BCUT2D eigenvalue weighted by Gasteiger charge is 2.61. The number of terminal acetylenes is 1. The molecular weight excluding hydrogens is 314 g/mol. The number of nitrogens with zero attached hydrogens (tertiary/aromatic N) is 1. The van der Waals surface area contributed by atoms with Gasteiger partial charge in [0.05, 0.1) is 6.07 Å². The van der Waals surface area contributed by atoms with Crippen LogP contribution < -0.4 is 0 Å². The van der Waals surface area contributed by atoms with E-state index in [1.165, 1.54) is 82.6 Å². The van der Waals surface area contributed by atoms with Crippen molar-refractivity contribution in [3.05, 3.63) is 11.6 Å². The van der Waals surface area contributed by atoms with Gasteiger partial charge < -0.3 is 0 Å². The van der Waals surface area contributed by atoms with Crippen molar-refractivity contribution >= 4 is 0 Å². The van der Waals surface area contributed by atoms with Gasteiger partial charge in [-0.25, -0.2) is 0 Å². The van der Waals surface area contributed by atoms with Crippen LogP contribution in [0.5, 0.6) is 0 Å². The Hall–Kier alpha value is -1.21. The number of nitriles is 1. The molecule has 0 amide bonds. The fourth-order valence-electron chi connectivity index (χ4n) is 8.82. The highest BCUT2D eigenvalue weighted by molar-refractivity contribution is 5.32. The van der Waals surface area contributed by atoms with Gasteiger partial charge in [-0.15, -0.1) is 12.8 Å². The maximum atomic E-state index is 9.63. The lowest BCUT2D eigenvalue weighted by molar-refractivity contribution is -0.115. The standard InChI is InChI=1S/C23H33N.C2H2/c1-22-12-3-2-6-17(22)7-8-18-20(22)11-14-23-13-4-5-16(15-24)19(23)9-10-21(18)23;1-2/h5,17-21H,2-4,6-14H2,1H3;1-2H. The molecule has 140 valence electrons. The summed E-state index contributed by atoms with van der Waals surface area (Å²) in [5.41, 5.74) is 2.35. The first-order valence-corrected chi connectivity index (χ1v) is 11.1. The number of hydrogen-bond acceptors (Lipinski definition) is 1. The molecule has 0 aromatic carbocycles. The minimum atomic E-state index is 0.527. The molecule has 0 bridgehead atoms. The van der Waals surface area contributed by atoms with Crippen LogP contribution in [0, 0.1) is 64.6 Å². The molecule has 0 aromatic rings. The summed E-state index contributed by atoms with van der Waals surface area (Å²) in [4.78, 5) is 0. The molecule has 5 aliphatic carbocycles. The third kappa shape index (κ3) is 2.35. The van der Waals surface area contributed by atoms with Gasteiger partial charge in [-0.2, -0.15) is 5.26 Å². The molecule has 5 rings (SSSR count). The zero-order chi connectivity index (χ0) is 18.4. The first-order chi connectivity index (χ1) is 12.7. The Morgan fingerprint density at radius 2 is 1.81 bits per heavy atom. The van der Waals surface area contributed by atoms with Crippen molar-refractivity contribution in [2.75, 3.05) is 0 Å². The van der Waals surface area contributed by atoms with Crippen LogP contribution in [0.15, 0.2) is 11.6 Å². The van der Waals surface area contributed by atoms with Crippen LogP contribution in [0.3, 0.4) is 0 Å². The fraction of sp³-hybridized carbons (Fsp3) is 0.800. The minimum absolute atomic E-state index is 0.527. The van der Waals surface area contributed by atoms with Gasteiger partial charge in [-0.3, -0.25) is 0 Å². The smallest absolute Gasteiger partial charge is 0.0946 e. The first-order valence-electron chi connectivity index (χ1n) is 11.1. The maximum absolute atomic E-state index is 9.63. The summed E-state index contributed by atoms with van der Waals surface area (Å²) in [5.74, 6) is 4.58. The Labute approximate surface area is 160 Å². The lowest BCUT2D eigenvalue weighted by Crippen LogP contribution is -2.53. The van der Waals surface area contributed by atoms with Crippen molar-refractivity contribution in [1.29, 1.82) is 5.26 Å². The molecule has 0 aliphatic heterocycles. The molecule has 1 nitrogen and oxygen atoms in total. The molecular formula is C25H35N. The van der Waals surface area contributed by atoms with E-state index in [0.717, 1.165) is 23.7 Å². The fourth-order valence-corrected chi connectivity index (χ4v) is 8.82. The lowest BCUT2D eigenvalue weighted by atomic mass is 9.43. The van der Waals surface area contributed by atoms with Crippen molar-refractivity contribution in [2.45, 2.75) is 84.0 Å². The molecule has 26 heavy (non-hydrogen) atoms. The first kappa shape index (κ1) is 18.2. The monoisotopic (exact) mass is 349 g/mol. The topological polar surface area (TPSA) is 23.8 Å². The normalized spacial score (nSPS) is 49.0. The Morgan fingerprint density at radius 1 is 0.962 bits per heavy atom. The molecule has 7 atom stereocenters. The summed E-state index contributed by atoms with van der Waals surface area (Å²) in [5, 5.41) is 9.63. The largest absolute Gasteiger partial charge is 0.193 e. The van der Waals surface area contributed by atoms with E-state index in [9.17, 15) is 5.26 Å². The van der Waals surface area contributed by atoms with Crippen LogP contribution in [0.2, 0.25) is 0 Å². The highest BCUT2D eigenvalue weighted by atomic mass is 14.7. The van der Waals surface area contributed by atoms with Gasteiger partial charge in [0.1, 0.15) is 0 Å². The Bertz CT molecular complexity index is 636. The van der Waals surface area contributed by atoms with Crippen molar-refractivity contribution in [3.8, 4) is 18.9 Å². The van der Waals surface area contributed by atoms with Crippen LogP contribution in [0.4, 0.5) is 0 Å². The number of rotatable bonds is 0. The van der Waals surface area contributed by atoms with Crippen LogP contribution in [-0.4, -0.2) is 0 Å². The van der Waals surface area contributed by atoms with Gasteiger partial charge >= 0.3 is 0 Å². The lowest BCUT2D eigenvalue weighted by Gasteiger charge is -2.61. The Balaban J connectivity index is 0.000000814. The van der Waals surface area contributed by atoms with Crippen molar-refractivity contribution in [3.63, 3.8) is 0 Å². The summed E-state index contributed by atoms with van der Waals surface area (Å²) >= 11 is 0. The van der Waals surface area contributed by atoms with E-state index in [1.807, 2.05) is 0 Å². The SMILES string of the molecule is C#C.CC12CCCCC1CCC1C2CCC23CCC=C(C#N)C2CCC13. The molecule has 5 aliphatic rings. The molecule has 0 aromatic heterocycles. The van der Waals surface area contributed by atoms with Crippen LogP contribution in [0.25, 0.3) is 0 Å². The number of fused-ring (bicyclic) bond motifs is 4. The predicted octanol–water partition coefficient (Wildman–Crippen LogP) is 6.51.